The van der Waals surface area contributed by atoms with E-state index < -0.39 is 5.60 Å². The fourth-order valence-electron chi connectivity index (χ4n) is 5.44. The van der Waals surface area contributed by atoms with E-state index in [1.54, 1.807) is 11.9 Å². The van der Waals surface area contributed by atoms with Gasteiger partial charge in [0.2, 0.25) is 0 Å². The van der Waals surface area contributed by atoms with Crippen LogP contribution in [-0.2, 0) is 20.8 Å². The molecule has 0 spiro atoms. The summed E-state index contributed by atoms with van der Waals surface area (Å²) < 4.78 is 19.6. The Morgan fingerprint density at radius 1 is 1.22 bits per heavy atom. The molecule has 2 unspecified atom stereocenters. The second-order valence-electron chi connectivity index (χ2n) is 12.8. The van der Waals surface area contributed by atoms with Crippen LogP contribution in [-0.4, -0.2) is 78.3 Å². The Balaban J connectivity index is 1.72. The van der Waals surface area contributed by atoms with Gasteiger partial charge in [0.05, 0.1) is 5.69 Å². The SMILES string of the molecule is CCOC[C@@H]1CC(c2nn(C3CCCCO3)cc2CN(C)CCN(C)C(=O)OC(C)(C)C)CCC1(C)C. The van der Waals surface area contributed by atoms with Crippen molar-refractivity contribution in [3.05, 3.63) is 17.5 Å². The Morgan fingerprint density at radius 3 is 2.62 bits per heavy atom. The van der Waals surface area contributed by atoms with Gasteiger partial charge in [-0.05, 0) is 84.6 Å². The highest BCUT2D eigenvalue weighted by Crippen LogP contribution is 2.47. The first-order valence-electron chi connectivity index (χ1n) is 14.3. The van der Waals surface area contributed by atoms with E-state index in [0.29, 0.717) is 18.4 Å². The molecule has 8 nitrogen and oxygen atoms in total. The second kappa shape index (κ2) is 12.9. The van der Waals surface area contributed by atoms with Gasteiger partial charge in [0.25, 0.3) is 0 Å². The van der Waals surface area contributed by atoms with Crippen LogP contribution in [0, 0.1) is 11.3 Å². The molecule has 0 N–H and O–H groups in total. The number of carbonyl (C=O) groups excluding carboxylic acids is 1. The van der Waals surface area contributed by atoms with Crippen LogP contribution in [0.15, 0.2) is 6.20 Å². The molecule has 1 saturated heterocycles. The molecular weight excluding hydrogens is 468 g/mol. The number of aromatic nitrogens is 2. The highest BCUT2D eigenvalue weighted by atomic mass is 16.6. The van der Waals surface area contributed by atoms with Gasteiger partial charge in [0.15, 0.2) is 0 Å². The number of hydrogen-bond donors (Lipinski definition) is 0. The van der Waals surface area contributed by atoms with Gasteiger partial charge in [0.1, 0.15) is 11.8 Å². The highest BCUT2D eigenvalue weighted by molar-refractivity contribution is 5.67. The molecule has 212 valence electrons. The molecule has 1 amide bonds. The molecule has 1 saturated carbocycles. The van der Waals surface area contributed by atoms with Crippen LogP contribution in [0.3, 0.4) is 0 Å². The molecule has 0 aromatic carbocycles. The van der Waals surface area contributed by atoms with Crippen LogP contribution < -0.4 is 0 Å². The number of ether oxygens (including phenoxy) is 3. The Kier molecular flexibility index (Phi) is 10.5. The smallest absolute Gasteiger partial charge is 0.410 e. The monoisotopic (exact) mass is 520 g/mol. The molecule has 2 fully saturated rings. The van der Waals surface area contributed by atoms with Crippen molar-refractivity contribution in [3.8, 4) is 0 Å². The van der Waals surface area contributed by atoms with Gasteiger partial charge in [0, 0.05) is 64.2 Å². The fraction of sp³-hybridized carbons (Fsp3) is 0.862. The molecule has 3 atom stereocenters. The molecule has 2 aliphatic rings. The zero-order chi connectivity index (χ0) is 27.2. The largest absolute Gasteiger partial charge is 0.444 e. The van der Waals surface area contributed by atoms with E-state index in [2.05, 4.69) is 43.6 Å². The van der Waals surface area contributed by atoms with Crippen LogP contribution in [0.5, 0.6) is 0 Å². The number of rotatable bonds is 10. The number of hydrogen-bond acceptors (Lipinski definition) is 6. The summed E-state index contributed by atoms with van der Waals surface area (Å²) in [5.41, 5.74) is 2.29. The summed E-state index contributed by atoms with van der Waals surface area (Å²) in [6.45, 7) is 17.1. The molecule has 0 bridgehead atoms. The predicted molar refractivity (Wildman–Crippen MR) is 147 cm³/mol. The lowest BCUT2D eigenvalue weighted by Crippen LogP contribution is -2.38. The number of likely N-dealkylation sites (N-methyl/N-ethyl adjacent to an activating group) is 2. The van der Waals surface area contributed by atoms with Gasteiger partial charge in [-0.2, -0.15) is 5.10 Å². The van der Waals surface area contributed by atoms with Crippen molar-refractivity contribution >= 4 is 6.09 Å². The highest BCUT2D eigenvalue weighted by Gasteiger charge is 2.38. The van der Waals surface area contributed by atoms with E-state index >= 15 is 0 Å². The van der Waals surface area contributed by atoms with Crippen LogP contribution in [0.25, 0.3) is 0 Å². The summed E-state index contributed by atoms with van der Waals surface area (Å²) in [4.78, 5) is 16.3. The summed E-state index contributed by atoms with van der Waals surface area (Å²) >= 11 is 0. The van der Waals surface area contributed by atoms with Crippen molar-refractivity contribution in [2.45, 2.75) is 104 Å². The first-order valence-corrected chi connectivity index (χ1v) is 14.3. The van der Waals surface area contributed by atoms with Crippen LogP contribution in [0.4, 0.5) is 4.79 Å². The van der Waals surface area contributed by atoms with Gasteiger partial charge in [-0.25, -0.2) is 9.48 Å². The van der Waals surface area contributed by atoms with Crippen molar-refractivity contribution in [1.82, 2.24) is 19.6 Å². The molecule has 1 aliphatic carbocycles. The average Bonchev–Trinajstić information content (AvgIpc) is 3.24. The third-order valence-electron chi connectivity index (χ3n) is 7.97. The fourth-order valence-corrected chi connectivity index (χ4v) is 5.44. The van der Waals surface area contributed by atoms with E-state index in [1.165, 1.54) is 24.1 Å². The minimum absolute atomic E-state index is 0.0316. The molecule has 0 radical (unpaired) electrons. The zero-order valence-corrected chi connectivity index (χ0v) is 24.7. The topological polar surface area (TPSA) is 69.1 Å². The van der Waals surface area contributed by atoms with Gasteiger partial charge in [-0.3, -0.25) is 0 Å². The Bertz CT molecular complexity index is 857. The minimum Gasteiger partial charge on any atom is -0.444 e. The maximum Gasteiger partial charge on any atom is 0.410 e. The lowest BCUT2D eigenvalue weighted by atomic mass is 9.65. The molecule has 1 aromatic rings. The van der Waals surface area contributed by atoms with E-state index in [0.717, 1.165) is 58.6 Å². The molecule has 3 rings (SSSR count). The molecular formula is C29H52N4O4. The van der Waals surface area contributed by atoms with E-state index in [9.17, 15) is 4.79 Å². The maximum atomic E-state index is 12.4. The summed E-state index contributed by atoms with van der Waals surface area (Å²) in [7, 11) is 3.91. The summed E-state index contributed by atoms with van der Waals surface area (Å²) in [6.07, 6.45) is 8.72. The minimum atomic E-state index is -0.490. The van der Waals surface area contributed by atoms with Gasteiger partial charge in [-0.15, -0.1) is 0 Å². The number of carbonyl (C=O) groups is 1. The van der Waals surface area contributed by atoms with Crippen LogP contribution in [0.2, 0.25) is 0 Å². The Labute approximate surface area is 225 Å². The first kappa shape index (κ1) is 29.9. The number of amides is 1. The third-order valence-corrected chi connectivity index (χ3v) is 7.97. The van der Waals surface area contributed by atoms with E-state index in [-0.39, 0.29) is 17.7 Å². The standard InChI is InChI=1S/C29H52N4O4/c1-9-35-21-24-18-22(13-14-29(24,5)6)26-23(20-33(30-26)25-12-10-11-17-36-25)19-31(7)15-16-32(8)27(34)37-28(2,3)4/h20,22,24-25H,9-19,21H2,1-8H3/t22?,24-,25?/m0/s1. The maximum absolute atomic E-state index is 12.4. The van der Waals surface area contributed by atoms with Gasteiger partial charge in [-0.1, -0.05) is 13.8 Å². The molecule has 37 heavy (non-hydrogen) atoms. The predicted octanol–water partition coefficient (Wildman–Crippen LogP) is 5.83. The molecule has 8 heteroatoms. The van der Waals surface area contributed by atoms with Crippen molar-refractivity contribution in [1.29, 1.82) is 0 Å². The average molecular weight is 521 g/mol. The zero-order valence-electron chi connectivity index (χ0n) is 24.7. The summed E-state index contributed by atoms with van der Waals surface area (Å²) in [6, 6.07) is 0. The quantitative estimate of drug-likeness (QED) is 0.387. The van der Waals surface area contributed by atoms with Crippen molar-refractivity contribution in [2.75, 3.05) is 47.0 Å². The second-order valence-corrected chi connectivity index (χ2v) is 12.8. The summed E-state index contributed by atoms with van der Waals surface area (Å²) in [5.74, 6) is 0.950. The third kappa shape index (κ3) is 8.69. The first-order chi connectivity index (χ1) is 17.4. The Hall–Kier alpha value is -1.64. The molecule has 1 aromatic heterocycles. The van der Waals surface area contributed by atoms with Crippen molar-refractivity contribution in [3.63, 3.8) is 0 Å². The summed E-state index contributed by atoms with van der Waals surface area (Å²) in [5, 5.41) is 5.18. The normalized spacial score (nSPS) is 24.3. The lowest BCUT2D eigenvalue weighted by molar-refractivity contribution is -0.0400. The molecule has 1 aliphatic heterocycles. The Morgan fingerprint density at radius 2 is 1.97 bits per heavy atom. The van der Waals surface area contributed by atoms with E-state index in [4.69, 9.17) is 19.3 Å². The number of nitrogens with zero attached hydrogens (tertiary/aromatic N) is 4. The van der Waals surface area contributed by atoms with Crippen molar-refractivity contribution in [2.24, 2.45) is 11.3 Å². The lowest BCUT2D eigenvalue weighted by Gasteiger charge is -2.42. The van der Waals surface area contributed by atoms with E-state index in [1.807, 2.05) is 20.8 Å². The van der Waals surface area contributed by atoms with Crippen LogP contribution in [0.1, 0.15) is 103 Å². The van der Waals surface area contributed by atoms with Gasteiger partial charge >= 0.3 is 6.09 Å². The molecule has 2 heterocycles. The van der Waals surface area contributed by atoms with Gasteiger partial charge < -0.3 is 24.0 Å². The van der Waals surface area contributed by atoms with Crippen molar-refractivity contribution < 1.29 is 19.0 Å². The van der Waals surface area contributed by atoms with Crippen LogP contribution >= 0.6 is 0 Å².